The van der Waals surface area contributed by atoms with Crippen LogP contribution in [0.5, 0.6) is 0 Å². The molecule has 4 nitrogen and oxygen atoms in total. The summed E-state index contributed by atoms with van der Waals surface area (Å²) in [6, 6.07) is 5.55. The maximum Gasteiger partial charge on any atom is 0.124 e. The number of nitrogens with zero attached hydrogens (tertiary/aromatic N) is 2. The van der Waals surface area contributed by atoms with E-state index in [1.807, 2.05) is 12.1 Å². The lowest BCUT2D eigenvalue weighted by molar-refractivity contribution is 1.20. The molecule has 0 aliphatic heterocycles. The van der Waals surface area contributed by atoms with E-state index in [1.54, 1.807) is 30.9 Å². The lowest BCUT2D eigenvalue weighted by Gasteiger charge is -2.06. The second-order valence-corrected chi connectivity index (χ2v) is 4.19. The summed E-state index contributed by atoms with van der Waals surface area (Å²) in [5.74, 6) is 0.0546. The van der Waals surface area contributed by atoms with Crippen molar-refractivity contribution >= 4 is 17.6 Å². The van der Waals surface area contributed by atoms with Gasteiger partial charge in [-0.1, -0.05) is 11.8 Å². The van der Waals surface area contributed by atoms with Crippen molar-refractivity contribution in [2.45, 2.75) is 9.79 Å². The van der Waals surface area contributed by atoms with E-state index >= 15 is 0 Å². The first-order valence-corrected chi connectivity index (χ1v) is 5.45. The molecular formula is C11H10N4S. The highest BCUT2D eigenvalue weighted by Crippen LogP contribution is 2.28. The van der Waals surface area contributed by atoms with Crippen LogP contribution in [0, 0.1) is 5.41 Å². The minimum Gasteiger partial charge on any atom is -0.384 e. The molecule has 80 valence electrons. The van der Waals surface area contributed by atoms with Crippen LogP contribution in [-0.2, 0) is 0 Å². The molecule has 0 aliphatic carbocycles. The van der Waals surface area contributed by atoms with Crippen LogP contribution >= 0.6 is 11.8 Å². The normalized spacial score (nSPS) is 10.0. The summed E-state index contributed by atoms with van der Waals surface area (Å²) in [7, 11) is 0. The van der Waals surface area contributed by atoms with E-state index in [0.717, 1.165) is 9.79 Å². The van der Waals surface area contributed by atoms with E-state index in [0.29, 0.717) is 5.56 Å². The first-order valence-electron chi connectivity index (χ1n) is 4.63. The van der Waals surface area contributed by atoms with Crippen LogP contribution in [0.3, 0.4) is 0 Å². The molecule has 3 N–H and O–H groups in total. The third-order valence-corrected chi connectivity index (χ3v) is 3.01. The fraction of sp³-hybridized carbons (Fsp3) is 0. The molecule has 16 heavy (non-hydrogen) atoms. The molecule has 0 aromatic carbocycles. The molecular weight excluding hydrogens is 220 g/mol. The number of hydrogen-bond acceptors (Lipinski definition) is 4. The van der Waals surface area contributed by atoms with Crippen LogP contribution in [0.4, 0.5) is 0 Å². The second-order valence-electron chi connectivity index (χ2n) is 3.07. The van der Waals surface area contributed by atoms with E-state index in [9.17, 15) is 0 Å². The Hall–Kier alpha value is -1.88. The van der Waals surface area contributed by atoms with Gasteiger partial charge in [0.2, 0.25) is 0 Å². The van der Waals surface area contributed by atoms with Crippen molar-refractivity contribution in [3.63, 3.8) is 0 Å². The topological polar surface area (TPSA) is 75.7 Å². The Labute approximate surface area is 97.4 Å². The zero-order valence-corrected chi connectivity index (χ0v) is 9.24. The molecule has 2 rings (SSSR count). The van der Waals surface area contributed by atoms with Gasteiger partial charge in [-0.3, -0.25) is 15.4 Å². The standard InChI is InChI=1S/C11H10N4S/c12-11(13)9-3-6-15-7-10(9)16-8-1-4-14-5-2-8/h1-7H,(H3,12,13). The van der Waals surface area contributed by atoms with Gasteiger partial charge < -0.3 is 5.73 Å². The number of rotatable bonds is 3. The Morgan fingerprint density at radius 3 is 2.50 bits per heavy atom. The van der Waals surface area contributed by atoms with Crippen LogP contribution in [0.25, 0.3) is 0 Å². The van der Waals surface area contributed by atoms with E-state index in [1.165, 1.54) is 11.8 Å². The molecule has 2 heterocycles. The Kier molecular flexibility index (Phi) is 3.16. The number of nitrogens with two attached hydrogens (primary N) is 1. The highest BCUT2D eigenvalue weighted by Gasteiger charge is 2.06. The van der Waals surface area contributed by atoms with Gasteiger partial charge in [-0.2, -0.15) is 0 Å². The van der Waals surface area contributed by atoms with Crippen molar-refractivity contribution in [1.29, 1.82) is 5.41 Å². The lowest BCUT2D eigenvalue weighted by Crippen LogP contribution is -2.12. The number of pyridine rings is 2. The van der Waals surface area contributed by atoms with Crippen molar-refractivity contribution in [3.05, 3.63) is 48.5 Å². The van der Waals surface area contributed by atoms with Crippen molar-refractivity contribution in [3.8, 4) is 0 Å². The molecule has 2 aromatic rings. The van der Waals surface area contributed by atoms with E-state index in [-0.39, 0.29) is 5.84 Å². The Morgan fingerprint density at radius 1 is 1.12 bits per heavy atom. The summed E-state index contributed by atoms with van der Waals surface area (Å²) in [5, 5.41) is 7.47. The van der Waals surface area contributed by atoms with E-state index in [4.69, 9.17) is 11.1 Å². The average Bonchev–Trinajstić information content (AvgIpc) is 2.31. The highest BCUT2D eigenvalue weighted by molar-refractivity contribution is 7.99. The van der Waals surface area contributed by atoms with Crippen LogP contribution in [-0.4, -0.2) is 15.8 Å². The number of aromatic nitrogens is 2. The zero-order chi connectivity index (χ0) is 11.4. The van der Waals surface area contributed by atoms with Gasteiger partial charge in [0.25, 0.3) is 0 Å². The molecule has 0 bridgehead atoms. The molecule has 0 saturated carbocycles. The first-order chi connectivity index (χ1) is 7.77. The van der Waals surface area contributed by atoms with E-state index < -0.39 is 0 Å². The van der Waals surface area contributed by atoms with Gasteiger partial charge in [0.15, 0.2) is 0 Å². The second kappa shape index (κ2) is 4.76. The fourth-order valence-corrected chi connectivity index (χ4v) is 2.13. The molecule has 0 fully saturated rings. The number of hydrogen-bond donors (Lipinski definition) is 2. The molecule has 0 aliphatic rings. The summed E-state index contributed by atoms with van der Waals surface area (Å²) < 4.78 is 0. The zero-order valence-electron chi connectivity index (χ0n) is 8.42. The highest BCUT2D eigenvalue weighted by atomic mass is 32.2. The Balaban J connectivity index is 2.31. The minimum absolute atomic E-state index is 0.0546. The number of nitrogen functional groups attached to an aromatic ring is 1. The molecule has 0 saturated heterocycles. The van der Waals surface area contributed by atoms with Gasteiger partial charge in [-0.25, -0.2) is 0 Å². The summed E-state index contributed by atoms with van der Waals surface area (Å²) in [4.78, 5) is 9.91. The van der Waals surface area contributed by atoms with Gasteiger partial charge in [0.1, 0.15) is 5.84 Å². The van der Waals surface area contributed by atoms with Crippen LogP contribution in [0.15, 0.2) is 52.8 Å². The molecule has 0 unspecified atom stereocenters. The third-order valence-electron chi connectivity index (χ3n) is 1.95. The van der Waals surface area contributed by atoms with Crippen molar-refractivity contribution in [2.24, 2.45) is 5.73 Å². The quantitative estimate of drug-likeness (QED) is 0.624. The summed E-state index contributed by atoms with van der Waals surface area (Å²) in [6.07, 6.45) is 6.80. The van der Waals surface area contributed by atoms with Gasteiger partial charge in [-0.05, 0) is 18.2 Å². The van der Waals surface area contributed by atoms with Gasteiger partial charge in [0.05, 0.1) is 0 Å². The molecule has 5 heteroatoms. The molecule has 0 amide bonds. The van der Waals surface area contributed by atoms with Crippen LogP contribution < -0.4 is 5.73 Å². The third kappa shape index (κ3) is 2.38. The van der Waals surface area contributed by atoms with Crippen molar-refractivity contribution in [2.75, 3.05) is 0 Å². The summed E-state index contributed by atoms with van der Waals surface area (Å²) in [5.41, 5.74) is 6.20. The van der Waals surface area contributed by atoms with Crippen molar-refractivity contribution < 1.29 is 0 Å². The smallest absolute Gasteiger partial charge is 0.124 e. The predicted octanol–water partition coefficient (Wildman–Crippen LogP) is 1.91. The maximum atomic E-state index is 7.47. The fourth-order valence-electron chi connectivity index (χ4n) is 1.22. The van der Waals surface area contributed by atoms with E-state index in [2.05, 4.69) is 9.97 Å². The summed E-state index contributed by atoms with van der Waals surface area (Å²) in [6.45, 7) is 0. The average molecular weight is 230 g/mol. The molecule has 0 radical (unpaired) electrons. The molecule has 0 spiro atoms. The largest absolute Gasteiger partial charge is 0.384 e. The Bertz CT molecular complexity index is 498. The number of amidine groups is 1. The van der Waals surface area contributed by atoms with Gasteiger partial charge >= 0.3 is 0 Å². The SMILES string of the molecule is N=C(N)c1ccncc1Sc1ccncc1. The van der Waals surface area contributed by atoms with Crippen LogP contribution in [0.2, 0.25) is 0 Å². The monoisotopic (exact) mass is 230 g/mol. The molecule has 2 aromatic heterocycles. The van der Waals surface area contributed by atoms with Crippen molar-refractivity contribution in [1.82, 2.24) is 9.97 Å². The van der Waals surface area contributed by atoms with Crippen LogP contribution in [0.1, 0.15) is 5.56 Å². The minimum atomic E-state index is 0.0546. The predicted molar refractivity (Wildman–Crippen MR) is 63.6 cm³/mol. The Morgan fingerprint density at radius 2 is 1.81 bits per heavy atom. The first kappa shape index (κ1) is 10.6. The lowest BCUT2D eigenvalue weighted by atomic mass is 10.2. The number of nitrogens with one attached hydrogen (secondary N) is 1. The van der Waals surface area contributed by atoms with Gasteiger partial charge in [0, 0.05) is 40.1 Å². The van der Waals surface area contributed by atoms with Gasteiger partial charge in [-0.15, -0.1) is 0 Å². The maximum absolute atomic E-state index is 7.47. The molecule has 0 atom stereocenters. The summed E-state index contributed by atoms with van der Waals surface area (Å²) >= 11 is 1.52.